The fourth-order valence-corrected chi connectivity index (χ4v) is 4.11. The molecule has 2 saturated heterocycles. The summed E-state index contributed by atoms with van der Waals surface area (Å²) in [6.45, 7) is 2.88. The third-order valence-electron chi connectivity index (χ3n) is 5.52. The van der Waals surface area contributed by atoms with E-state index in [0.717, 1.165) is 0 Å². The number of anilines is 2. The molecule has 2 amide bonds. The maximum absolute atomic E-state index is 14.6. The Kier molecular flexibility index (Phi) is 4.16. The van der Waals surface area contributed by atoms with Gasteiger partial charge in [-0.05, 0) is 30.0 Å². The van der Waals surface area contributed by atoms with Crippen LogP contribution in [0.1, 0.15) is 6.92 Å². The van der Waals surface area contributed by atoms with Crippen LogP contribution >= 0.6 is 0 Å². The maximum atomic E-state index is 14.6. The van der Waals surface area contributed by atoms with E-state index in [9.17, 15) is 18.8 Å². The number of hydrogen-bond acceptors (Lipinski definition) is 5. The van der Waals surface area contributed by atoms with Crippen LogP contribution in [0.2, 0.25) is 0 Å². The molecule has 1 aromatic carbocycles. The minimum absolute atomic E-state index is 0.0877. The standard InChI is InChI=1S/C18H20FN3O5/c1-9(23)20-5-11-6-22(18(26)27-11)10-2-3-15(14(19)4-10)21-7-12-13(8-21)16(12)17(24)25/h2-4,11-13,16H,5-8H2,1H3,(H,20,23)(H,24,25)/t11-,12-,13+,16?/m0/s1. The number of hydrogen-bond donors (Lipinski definition) is 2. The zero-order valence-electron chi connectivity index (χ0n) is 14.7. The van der Waals surface area contributed by atoms with Crippen LogP contribution in [0, 0.1) is 23.6 Å². The predicted octanol–water partition coefficient (Wildman–Crippen LogP) is 1.05. The highest BCUT2D eigenvalue weighted by atomic mass is 19.1. The molecule has 144 valence electrons. The molecular weight excluding hydrogens is 357 g/mol. The molecule has 1 aromatic rings. The molecule has 3 fully saturated rings. The van der Waals surface area contributed by atoms with Gasteiger partial charge in [-0.3, -0.25) is 14.5 Å². The van der Waals surface area contributed by atoms with Crippen LogP contribution in [-0.2, 0) is 14.3 Å². The van der Waals surface area contributed by atoms with E-state index >= 15 is 0 Å². The molecule has 4 rings (SSSR count). The van der Waals surface area contributed by atoms with Gasteiger partial charge in [0, 0.05) is 20.0 Å². The van der Waals surface area contributed by atoms with Gasteiger partial charge >= 0.3 is 12.1 Å². The van der Waals surface area contributed by atoms with E-state index in [-0.39, 0.29) is 36.8 Å². The topological polar surface area (TPSA) is 99.2 Å². The number of carboxylic acid groups (broad SMARTS) is 1. The summed E-state index contributed by atoms with van der Waals surface area (Å²) < 4.78 is 19.8. The van der Waals surface area contributed by atoms with Crippen LogP contribution in [0.25, 0.3) is 0 Å². The Morgan fingerprint density at radius 3 is 2.59 bits per heavy atom. The molecule has 2 aliphatic heterocycles. The van der Waals surface area contributed by atoms with E-state index < -0.39 is 24.0 Å². The second-order valence-corrected chi connectivity index (χ2v) is 7.29. The van der Waals surface area contributed by atoms with Crippen molar-refractivity contribution in [1.82, 2.24) is 5.32 Å². The number of nitrogens with one attached hydrogen (secondary N) is 1. The minimum atomic E-state index is -0.776. The highest BCUT2D eigenvalue weighted by molar-refractivity contribution is 5.90. The van der Waals surface area contributed by atoms with E-state index in [2.05, 4.69) is 5.32 Å². The molecule has 1 aliphatic carbocycles. The highest BCUT2D eigenvalue weighted by Crippen LogP contribution is 2.52. The van der Waals surface area contributed by atoms with Crippen molar-refractivity contribution in [2.45, 2.75) is 13.0 Å². The second-order valence-electron chi connectivity index (χ2n) is 7.29. The van der Waals surface area contributed by atoms with Gasteiger partial charge in [-0.2, -0.15) is 0 Å². The number of halogens is 1. The number of fused-ring (bicyclic) bond motifs is 1. The first-order chi connectivity index (χ1) is 12.8. The molecule has 4 atom stereocenters. The van der Waals surface area contributed by atoms with Crippen molar-refractivity contribution in [3.05, 3.63) is 24.0 Å². The fraction of sp³-hybridized carbons (Fsp3) is 0.500. The van der Waals surface area contributed by atoms with E-state index in [1.165, 1.54) is 17.9 Å². The maximum Gasteiger partial charge on any atom is 0.414 e. The number of nitrogens with zero attached hydrogens (tertiary/aromatic N) is 2. The average molecular weight is 377 g/mol. The zero-order chi connectivity index (χ0) is 19.3. The normalized spacial score (nSPS) is 28.7. The number of aliphatic carboxylic acids is 1. The lowest BCUT2D eigenvalue weighted by molar-refractivity contribution is -0.139. The lowest BCUT2D eigenvalue weighted by atomic mass is 10.2. The van der Waals surface area contributed by atoms with E-state index in [1.807, 2.05) is 4.90 Å². The smallest absolute Gasteiger partial charge is 0.414 e. The first-order valence-electron chi connectivity index (χ1n) is 8.85. The Balaban J connectivity index is 1.41. The van der Waals surface area contributed by atoms with Crippen LogP contribution in [0.3, 0.4) is 0 Å². The lowest BCUT2D eigenvalue weighted by Gasteiger charge is -2.23. The molecule has 9 heteroatoms. The highest BCUT2D eigenvalue weighted by Gasteiger charge is 2.60. The van der Waals surface area contributed by atoms with E-state index in [0.29, 0.717) is 24.5 Å². The molecule has 0 spiro atoms. The third-order valence-corrected chi connectivity index (χ3v) is 5.52. The molecule has 0 bridgehead atoms. The van der Waals surface area contributed by atoms with E-state index in [1.54, 1.807) is 12.1 Å². The molecule has 1 saturated carbocycles. The number of rotatable bonds is 5. The van der Waals surface area contributed by atoms with Crippen molar-refractivity contribution in [3.8, 4) is 0 Å². The van der Waals surface area contributed by atoms with Gasteiger partial charge < -0.3 is 20.1 Å². The van der Waals surface area contributed by atoms with Gasteiger partial charge in [-0.25, -0.2) is 9.18 Å². The van der Waals surface area contributed by atoms with E-state index in [4.69, 9.17) is 9.84 Å². The molecule has 0 aromatic heterocycles. The first kappa shape index (κ1) is 17.6. The van der Waals surface area contributed by atoms with Crippen LogP contribution in [0.15, 0.2) is 18.2 Å². The third kappa shape index (κ3) is 3.17. The van der Waals surface area contributed by atoms with Crippen LogP contribution in [0.5, 0.6) is 0 Å². The van der Waals surface area contributed by atoms with Gasteiger partial charge in [-0.15, -0.1) is 0 Å². The number of cyclic esters (lactones) is 1. The summed E-state index contributed by atoms with van der Waals surface area (Å²) >= 11 is 0. The molecule has 2 N–H and O–H groups in total. The lowest BCUT2D eigenvalue weighted by Crippen LogP contribution is -2.33. The van der Waals surface area contributed by atoms with Crippen molar-refractivity contribution in [3.63, 3.8) is 0 Å². The summed E-state index contributed by atoms with van der Waals surface area (Å²) in [5.74, 6) is -1.58. The summed E-state index contributed by atoms with van der Waals surface area (Å²) in [7, 11) is 0. The molecular formula is C18H20FN3O5. The Labute approximate surface area is 154 Å². The number of carbonyl (C=O) groups excluding carboxylic acids is 2. The van der Waals surface area contributed by atoms with Gasteiger partial charge in [-0.1, -0.05) is 0 Å². The van der Waals surface area contributed by atoms with Gasteiger partial charge in [0.2, 0.25) is 5.91 Å². The summed E-state index contributed by atoms with van der Waals surface area (Å²) in [4.78, 5) is 37.3. The largest absolute Gasteiger partial charge is 0.481 e. The number of ether oxygens (including phenoxy) is 1. The molecule has 8 nitrogen and oxygen atoms in total. The number of carboxylic acids is 1. The number of carbonyl (C=O) groups is 3. The molecule has 2 heterocycles. The monoisotopic (exact) mass is 377 g/mol. The van der Waals surface area contributed by atoms with Gasteiger partial charge in [0.25, 0.3) is 0 Å². The summed E-state index contributed by atoms with van der Waals surface area (Å²) in [6.07, 6.45) is -1.06. The Bertz CT molecular complexity index is 804. The SMILES string of the molecule is CC(=O)NC[C@H]1CN(c2ccc(N3C[C@@H]4C(C(=O)O)[C@@H]4C3)c(F)c2)C(=O)O1. The Morgan fingerprint density at radius 1 is 1.30 bits per heavy atom. The minimum Gasteiger partial charge on any atom is -0.481 e. The molecule has 1 unspecified atom stereocenters. The average Bonchev–Trinajstić information content (AvgIpc) is 2.94. The van der Waals surface area contributed by atoms with Crippen molar-refractivity contribution in [2.75, 3.05) is 36.0 Å². The first-order valence-corrected chi connectivity index (χ1v) is 8.85. The van der Waals surface area contributed by atoms with Crippen LogP contribution in [-0.4, -0.2) is 55.4 Å². The number of amides is 2. The van der Waals surface area contributed by atoms with Crippen LogP contribution in [0.4, 0.5) is 20.6 Å². The molecule has 27 heavy (non-hydrogen) atoms. The van der Waals surface area contributed by atoms with Crippen molar-refractivity contribution in [2.24, 2.45) is 17.8 Å². The Morgan fingerprint density at radius 2 is 2.00 bits per heavy atom. The van der Waals surface area contributed by atoms with Gasteiger partial charge in [0.1, 0.15) is 11.9 Å². The summed E-state index contributed by atoms with van der Waals surface area (Å²) in [6, 6.07) is 4.55. The number of benzene rings is 1. The van der Waals surface area contributed by atoms with Gasteiger partial charge in [0.15, 0.2) is 0 Å². The fourth-order valence-electron chi connectivity index (χ4n) is 4.11. The zero-order valence-corrected chi connectivity index (χ0v) is 14.7. The quantitative estimate of drug-likeness (QED) is 0.796. The molecule has 0 radical (unpaired) electrons. The second kappa shape index (κ2) is 6.40. The Hall–Kier alpha value is -2.84. The van der Waals surface area contributed by atoms with Crippen molar-refractivity contribution in [1.29, 1.82) is 0 Å². The van der Waals surface area contributed by atoms with Crippen molar-refractivity contribution >= 4 is 29.3 Å². The van der Waals surface area contributed by atoms with Gasteiger partial charge in [0.05, 0.1) is 30.4 Å². The molecule has 3 aliphatic rings. The predicted molar refractivity (Wildman–Crippen MR) is 93.0 cm³/mol. The van der Waals surface area contributed by atoms with Crippen molar-refractivity contribution < 1.29 is 28.6 Å². The summed E-state index contributed by atoms with van der Waals surface area (Å²) in [5.41, 5.74) is 0.803. The van der Waals surface area contributed by atoms with Crippen LogP contribution < -0.4 is 15.1 Å². The number of piperidine rings is 1. The summed E-state index contributed by atoms with van der Waals surface area (Å²) in [5, 5.41) is 11.7.